The van der Waals surface area contributed by atoms with Crippen LogP contribution in [0.1, 0.15) is 0 Å². The second kappa shape index (κ2) is 4.86. The number of benzene rings is 1. The zero-order chi connectivity index (χ0) is 13.5. The summed E-state index contributed by atoms with van der Waals surface area (Å²) in [5, 5.41) is 1.73. The summed E-state index contributed by atoms with van der Waals surface area (Å²) in [4.78, 5) is 4.16. The predicted molar refractivity (Wildman–Crippen MR) is 82.4 cm³/mol. The van der Waals surface area contributed by atoms with E-state index >= 15 is 0 Å². The van der Waals surface area contributed by atoms with E-state index in [0.29, 0.717) is 10.2 Å². The van der Waals surface area contributed by atoms with Crippen molar-refractivity contribution in [2.24, 2.45) is 0 Å². The number of nitrogens with zero attached hydrogens (tertiary/aromatic N) is 1. The molecule has 0 fully saturated rings. The van der Waals surface area contributed by atoms with E-state index < -0.39 is 10.0 Å². The van der Waals surface area contributed by atoms with Crippen LogP contribution >= 0.6 is 38.6 Å². The highest BCUT2D eigenvalue weighted by Crippen LogP contribution is 2.30. The number of hydrogen-bond acceptors (Lipinski definition) is 5. The van der Waals surface area contributed by atoms with Crippen molar-refractivity contribution in [1.82, 2.24) is 4.98 Å². The van der Waals surface area contributed by atoms with Crippen LogP contribution in [0.2, 0.25) is 0 Å². The molecule has 3 rings (SSSR count). The molecule has 8 heteroatoms. The van der Waals surface area contributed by atoms with Crippen LogP contribution in [0.3, 0.4) is 0 Å². The molecule has 0 saturated heterocycles. The van der Waals surface area contributed by atoms with E-state index in [9.17, 15) is 8.42 Å². The molecule has 0 aliphatic rings. The molecule has 0 radical (unpaired) electrons. The second-order valence-electron chi connectivity index (χ2n) is 3.70. The smallest absolute Gasteiger partial charge is 0.272 e. The van der Waals surface area contributed by atoms with Gasteiger partial charge in [-0.15, -0.1) is 22.7 Å². The first-order valence-corrected chi connectivity index (χ1v) is 9.19. The molecule has 0 spiro atoms. The Morgan fingerprint density at radius 2 is 2.05 bits per heavy atom. The van der Waals surface area contributed by atoms with E-state index in [0.717, 1.165) is 10.2 Å². The van der Waals surface area contributed by atoms with Crippen LogP contribution in [0.25, 0.3) is 10.2 Å². The first-order valence-electron chi connectivity index (χ1n) is 5.15. The number of nitrogens with one attached hydrogen (secondary N) is 1. The number of rotatable bonds is 3. The molecule has 98 valence electrons. The Kier molecular flexibility index (Phi) is 3.34. The number of aromatic nitrogens is 1. The van der Waals surface area contributed by atoms with Crippen molar-refractivity contribution in [2.45, 2.75) is 4.21 Å². The molecule has 0 aliphatic heterocycles. The summed E-state index contributed by atoms with van der Waals surface area (Å²) in [6.45, 7) is 0. The van der Waals surface area contributed by atoms with Gasteiger partial charge in [0.2, 0.25) is 0 Å². The molecule has 0 saturated carbocycles. The van der Waals surface area contributed by atoms with Crippen LogP contribution in [0.5, 0.6) is 0 Å². The lowest BCUT2D eigenvalue weighted by Crippen LogP contribution is -2.11. The van der Waals surface area contributed by atoms with E-state index in [1.165, 1.54) is 22.7 Å². The van der Waals surface area contributed by atoms with Gasteiger partial charge in [-0.1, -0.05) is 0 Å². The molecule has 1 N–H and O–H groups in total. The van der Waals surface area contributed by atoms with Gasteiger partial charge in [-0.25, -0.2) is 13.4 Å². The molecule has 3 aromatic rings. The fourth-order valence-electron chi connectivity index (χ4n) is 1.59. The summed E-state index contributed by atoms with van der Waals surface area (Å²) in [7, 11) is -3.55. The summed E-state index contributed by atoms with van der Waals surface area (Å²) >= 11 is 5.88. The topological polar surface area (TPSA) is 59.1 Å². The monoisotopic (exact) mass is 374 g/mol. The van der Waals surface area contributed by atoms with Crippen molar-refractivity contribution in [2.75, 3.05) is 4.72 Å². The van der Waals surface area contributed by atoms with Crippen molar-refractivity contribution in [3.05, 3.63) is 39.6 Å². The molecule has 0 unspecified atom stereocenters. The molecule has 4 nitrogen and oxygen atoms in total. The third-order valence-corrected chi connectivity index (χ3v) is 7.26. The molecule has 2 aromatic heterocycles. The van der Waals surface area contributed by atoms with Gasteiger partial charge >= 0.3 is 0 Å². The zero-order valence-electron chi connectivity index (χ0n) is 9.33. The minimum atomic E-state index is -3.55. The molecular weight excluding hydrogens is 368 g/mol. The van der Waals surface area contributed by atoms with Gasteiger partial charge < -0.3 is 0 Å². The lowest BCUT2D eigenvalue weighted by Gasteiger charge is -2.06. The third kappa shape index (κ3) is 2.53. The zero-order valence-corrected chi connectivity index (χ0v) is 13.4. The first-order chi connectivity index (χ1) is 9.06. The van der Waals surface area contributed by atoms with E-state index in [1.54, 1.807) is 35.2 Å². The van der Waals surface area contributed by atoms with Crippen LogP contribution in [0, 0.1) is 0 Å². The van der Waals surface area contributed by atoms with Crippen LogP contribution in [-0.4, -0.2) is 13.4 Å². The van der Waals surface area contributed by atoms with Gasteiger partial charge in [0, 0.05) is 4.47 Å². The highest BCUT2D eigenvalue weighted by Gasteiger charge is 2.19. The molecule has 0 bridgehead atoms. The Bertz CT molecular complexity index is 838. The Morgan fingerprint density at radius 1 is 1.21 bits per heavy atom. The first kappa shape index (κ1) is 13.0. The summed E-state index contributed by atoms with van der Waals surface area (Å²) in [6, 6.07) is 7.01. The standard InChI is InChI=1S/C11H7BrN2O2S3/c12-8-3-4-17-11(8)19(15,16)14-7-1-2-9-10(5-7)18-6-13-9/h1-6,14H. The highest BCUT2D eigenvalue weighted by atomic mass is 79.9. The number of sulfonamides is 1. The Balaban J connectivity index is 1.98. The van der Waals surface area contributed by atoms with Crippen molar-refractivity contribution in [1.29, 1.82) is 0 Å². The number of fused-ring (bicyclic) bond motifs is 1. The molecule has 0 atom stereocenters. The van der Waals surface area contributed by atoms with Gasteiger partial charge in [-0.3, -0.25) is 4.72 Å². The Hall–Kier alpha value is -0.960. The third-order valence-electron chi connectivity index (χ3n) is 2.41. The summed E-state index contributed by atoms with van der Waals surface area (Å²) in [6.07, 6.45) is 0. The van der Waals surface area contributed by atoms with Gasteiger partial charge in [0.25, 0.3) is 10.0 Å². The Morgan fingerprint density at radius 3 is 2.79 bits per heavy atom. The molecule has 2 heterocycles. The average molecular weight is 375 g/mol. The Labute approximate surface area is 126 Å². The summed E-state index contributed by atoms with van der Waals surface area (Å²) < 4.78 is 28.8. The number of thiophene rings is 1. The minimum Gasteiger partial charge on any atom is -0.279 e. The van der Waals surface area contributed by atoms with E-state index in [2.05, 4.69) is 25.6 Å². The number of thiazole rings is 1. The van der Waals surface area contributed by atoms with Crippen molar-refractivity contribution in [3.8, 4) is 0 Å². The maximum Gasteiger partial charge on any atom is 0.272 e. The van der Waals surface area contributed by atoms with Gasteiger partial charge in [0.1, 0.15) is 0 Å². The van der Waals surface area contributed by atoms with Crippen LogP contribution in [0.15, 0.2) is 43.8 Å². The fraction of sp³-hybridized carbons (Fsp3) is 0. The quantitative estimate of drug-likeness (QED) is 0.755. The van der Waals surface area contributed by atoms with Gasteiger partial charge in [0.15, 0.2) is 4.21 Å². The summed E-state index contributed by atoms with van der Waals surface area (Å²) in [5.74, 6) is 0. The lowest BCUT2D eigenvalue weighted by molar-refractivity contribution is 0.603. The molecule has 19 heavy (non-hydrogen) atoms. The highest BCUT2D eigenvalue weighted by molar-refractivity contribution is 9.10. The minimum absolute atomic E-state index is 0.275. The lowest BCUT2D eigenvalue weighted by atomic mass is 10.3. The second-order valence-corrected chi connectivity index (χ2v) is 8.23. The van der Waals surface area contributed by atoms with Crippen molar-refractivity contribution >= 4 is 64.5 Å². The molecule has 0 aliphatic carbocycles. The fourth-order valence-corrected chi connectivity index (χ4v) is 5.70. The van der Waals surface area contributed by atoms with Gasteiger partial charge in [0.05, 0.1) is 21.4 Å². The number of hydrogen-bond donors (Lipinski definition) is 1. The molecular formula is C11H7BrN2O2S3. The maximum absolute atomic E-state index is 12.2. The van der Waals surface area contributed by atoms with E-state index in [1.807, 2.05) is 0 Å². The SMILES string of the molecule is O=S(=O)(Nc1ccc2ncsc2c1)c1sccc1Br. The molecule has 1 aromatic carbocycles. The van der Waals surface area contributed by atoms with E-state index in [4.69, 9.17) is 0 Å². The largest absolute Gasteiger partial charge is 0.279 e. The number of halogens is 1. The van der Waals surface area contributed by atoms with Crippen molar-refractivity contribution in [3.63, 3.8) is 0 Å². The molecule has 0 amide bonds. The predicted octanol–water partition coefficient (Wildman–Crippen LogP) is 3.92. The number of anilines is 1. The van der Waals surface area contributed by atoms with Crippen LogP contribution in [-0.2, 0) is 10.0 Å². The van der Waals surface area contributed by atoms with Gasteiger partial charge in [-0.2, -0.15) is 0 Å². The van der Waals surface area contributed by atoms with Crippen LogP contribution < -0.4 is 4.72 Å². The van der Waals surface area contributed by atoms with Crippen LogP contribution in [0.4, 0.5) is 5.69 Å². The maximum atomic E-state index is 12.2. The van der Waals surface area contributed by atoms with Crippen molar-refractivity contribution < 1.29 is 8.42 Å². The average Bonchev–Trinajstić information content (AvgIpc) is 2.96. The normalized spacial score (nSPS) is 11.8. The van der Waals surface area contributed by atoms with E-state index in [-0.39, 0.29) is 4.21 Å². The van der Waals surface area contributed by atoms with Gasteiger partial charge in [-0.05, 0) is 45.6 Å². The summed E-state index contributed by atoms with van der Waals surface area (Å²) in [5.41, 5.74) is 3.14.